The average Bonchev–Trinajstić information content (AvgIpc) is 3.11. The number of hydrogen-bond donors (Lipinski definition) is 0. The minimum Gasteiger partial charge on any atom is -0.497 e. The first-order chi connectivity index (χ1) is 13.0. The highest BCUT2D eigenvalue weighted by atomic mass is 19.4. The van der Waals surface area contributed by atoms with E-state index in [0.717, 1.165) is 17.7 Å². The van der Waals surface area contributed by atoms with Gasteiger partial charge in [0.25, 0.3) is 0 Å². The number of aromatic nitrogens is 3. The van der Waals surface area contributed by atoms with Gasteiger partial charge >= 0.3 is 6.18 Å². The summed E-state index contributed by atoms with van der Waals surface area (Å²) in [4.78, 5) is 0. The molecule has 7 heteroatoms. The van der Waals surface area contributed by atoms with Crippen LogP contribution in [0.2, 0.25) is 0 Å². The van der Waals surface area contributed by atoms with Gasteiger partial charge in [-0.3, -0.25) is 4.40 Å². The maximum absolute atomic E-state index is 13.4. The molecular formula is C20H14F3N3O. The first-order valence-corrected chi connectivity index (χ1v) is 8.13. The highest BCUT2D eigenvalue weighted by molar-refractivity contribution is 5.70. The van der Waals surface area contributed by atoms with E-state index in [0.29, 0.717) is 22.8 Å². The van der Waals surface area contributed by atoms with Crippen molar-refractivity contribution in [3.63, 3.8) is 0 Å². The number of pyridine rings is 1. The standard InChI is InChI=1S/C20H14F3N3O/c1-27-16-9-7-14(8-10-16)19-25-24-18-12-15(20(21,22)23)11-17(26(18)19)13-5-3-2-4-6-13/h2-12H,1H3. The molecule has 0 aliphatic heterocycles. The molecule has 0 unspecified atom stereocenters. The van der Waals surface area contributed by atoms with E-state index in [1.54, 1.807) is 60.0 Å². The van der Waals surface area contributed by atoms with Crippen LogP contribution in [0.4, 0.5) is 13.2 Å². The number of nitrogens with zero attached hydrogens (tertiary/aromatic N) is 3. The molecule has 136 valence electrons. The fraction of sp³-hybridized carbons (Fsp3) is 0.100. The zero-order chi connectivity index (χ0) is 19.0. The molecule has 0 amide bonds. The van der Waals surface area contributed by atoms with Gasteiger partial charge in [0.15, 0.2) is 11.5 Å². The summed E-state index contributed by atoms with van der Waals surface area (Å²) >= 11 is 0. The van der Waals surface area contributed by atoms with Crippen molar-refractivity contribution in [1.29, 1.82) is 0 Å². The number of ether oxygens (including phenoxy) is 1. The van der Waals surface area contributed by atoms with Crippen molar-refractivity contribution >= 4 is 5.65 Å². The first-order valence-electron chi connectivity index (χ1n) is 8.13. The van der Waals surface area contributed by atoms with E-state index in [2.05, 4.69) is 10.2 Å². The Morgan fingerprint density at radius 3 is 2.19 bits per heavy atom. The fourth-order valence-electron chi connectivity index (χ4n) is 2.93. The Bertz CT molecular complexity index is 1090. The Morgan fingerprint density at radius 1 is 0.852 bits per heavy atom. The number of rotatable bonds is 3. The lowest BCUT2D eigenvalue weighted by molar-refractivity contribution is -0.137. The predicted molar refractivity (Wildman–Crippen MR) is 95.4 cm³/mol. The SMILES string of the molecule is COc1ccc(-c2nnc3cc(C(F)(F)F)cc(-c4ccccc4)n23)cc1. The fourth-order valence-corrected chi connectivity index (χ4v) is 2.93. The Hall–Kier alpha value is -3.35. The number of hydrogen-bond acceptors (Lipinski definition) is 3. The van der Waals surface area contributed by atoms with Crippen LogP contribution in [0.25, 0.3) is 28.3 Å². The lowest BCUT2D eigenvalue weighted by Gasteiger charge is -2.13. The molecule has 0 N–H and O–H groups in total. The van der Waals surface area contributed by atoms with Gasteiger partial charge in [-0.15, -0.1) is 10.2 Å². The lowest BCUT2D eigenvalue weighted by Crippen LogP contribution is -2.07. The van der Waals surface area contributed by atoms with E-state index in [4.69, 9.17) is 4.74 Å². The number of fused-ring (bicyclic) bond motifs is 1. The third-order valence-electron chi connectivity index (χ3n) is 4.25. The zero-order valence-electron chi connectivity index (χ0n) is 14.2. The van der Waals surface area contributed by atoms with Crippen molar-refractivity contribution in [2.45, 2.75) is 6.18 Å². The molecule has 4 nitrogen and oxygen atoms in total. The van der Waals surface area contributed by atoms with Crippen LogP contribution in [0.15, 0.2) is 66.7 Å². The van der Waals surface area contributed by atoms with Gasteiger partial charge in [-0.05, 0) is 42.0 Å². The minimum atomic E-state index is -4.47. The molecular weight excluding hydrogens is 355 g/mol. The molecule has 0 aliphatic carbocycles. The zero-order valence-corrected chi connectivity index (χ0v) is 14.2. The second kappa shape index (κ2) is 6.42. The van der Waals surface area contributed by atoms with E-state index in [9.17, 15) is 13.2 Å². The van der Waals surface area contributed by atoms with Crippen molar-refractivity contribution in [2.75, 3.05) is 7.11 Å². The monoisotopic (exact) mass is 369 g/mol. The molecule has 0 saturated heterocycles. The summed E-state index contributed by atoms with van der Waals surface area (Å²) in [5.74, 6) is 1.13. The van der Waals surface area contributed by atoms with Crippen molar-refractivity contribution in [1.82, 2.24) is 14.6 Å². The predicted octanol–water partition coefficient (Wildman–Crippen LogP) is 5.09. The minimum absolute atomic E-state index is 0.134. The summed E-state index contributed by atoms with van der Waals surface area (Å²) in [5.41, 5.74) is 1.11. The second-order valence-electron chi connectivity index (χ2n) is 5.94. The molecule has 27 heavy (non-hydrogen) atoms. The molecule has 0 saturated carbocycles. The van der Waals surface area contributed by atoms with Crippen molar-refractivity contribution in [3.8, 4) is 28.4 Å². The molecule has 4 aromatic rings. The van der Waals surface area contributed by atoms with Gasteiger partial charge in [-0.2, -0.15) is 13.2 Å². The van der Waals surface area contributed by atoms with Gasteiger partial charge < -0.3 is 4.74 Å². The molecule has 2 heterocycles. The third-order valence-corrected chi connectivity index (χ3v) is 4.25. The molecule has 0 spiro atoms. The summed E-state index contributed by atoms with van der Waals surface area (Å²) < 4.78 is 46.8. The highest BCUT2D eigenvalue weighted by Crippen LogP contribution is 2.35. The quantitative estimate of drug-likeness (QED) is 0.505. The number of benzene rings is 2. The van der Waals surface area contributed by atoms with Crippen molar-refractivity contribution < 1.29 is 17.9 Å². The highest BCUT2D eigenvalue weighted by Gasteiger charge is 2.32. The molecule has 0 fully saturated rings. The summed E-state index contributed by atoms with van der Waals surface area (Å²) in [7, 11) is 1.56. The van der Waals surface area contributed by atoms with Crippen LogP contribution in [0.3, 0.4) is 0 Å². The lowest BCUT2D eigenvalue weighted by atomic mass is 10.1. The molecule has 4 rings (SSSR count). The van der Waals surface area contributed by atoms with Gasteiger partial charge in [0.2, 0.25) is 0 Å². The van der Waals surface area contributed by atoms with E-state index >= 15 is 0 Å². The maximum Gasteiger partial charge on any atom is 0.416 e. The van der Waals surface area contributed by atoms with Crippen LogP contribution >= 0.6 is 0 Å². The molecule has 2 aromatic carbocycles. The topological polar surface area (TPSA) is 39.4 Å². The summed E-state index contributed by atoms with van der Waals surface area (Å²) in [6.07, 6.45) is -4.47. The molecule has 0 radical (unpaired) electrons. The smallest absolute Gasteiger partial charge is 0.416 e. The normalized spacial score (nSPS) is 11.7. The van der Waals surface area contributed by atoms with Gasteiger partial charge in [-0.25, -0.2) is 0 Å². The average molecular weight is 369 g/mol. The van der Waals surface area contributed by atoms with Gasteiger partial charge in [0.1, 0.15) is 5.75 Å². The molecule has 0 aliphatic rings. The number of halogens is 3. The van der Waals surface area contributed by atoms with E-state index < -0.39 is 11.7 Å². The van der Waals surface area contributed by atoms with Crippen LogP contribution in [0.5, 0.6) is 5.75 Å². The van der Waals surface area contributed by atoms with Crippen LogP contribution in [0, 0.1) is 0 Å². The number of methoxy groups -OCH3 is 1. The van der Waals surface area contributed by atoms with Crippen LogP contribution in [0.1, 0.15) is 5.56 Å². The Morgan fingerprint density at radius 2 is 1.56 bits per heavy atom. The summed E-state index contributed by atoms with van der Waals surface area (Å²) in [5, 5.41) is 8.11. The number of alkyl halides is 3. The van der Waals surface area contributed by atoms with Crippen LogP contribution in [-0.4, -0.2) is 21.7 Å². The van der Waals surface area contributed by atoms with Crippen LogP contribution < -0.4 is 4.74 Å². The van der Waals surface area contributed by atoms with Gasteiger partial charge in [0, 0.05) is 5.56 Å². The van der Waals surface area contributed by atoms with Crippen molar-refractivity contribution in [2.24, 2.45) is 0 Å². The maximum atomic E-state index is 13.4. The van der Waals surface area contributed by atoms with E-state index in [-0.39, 0.29) is 5.65 Å². The van der Waals surface area contributed by atoms with E-state index in [1.165, 1.54) is 0 Å². The van der Waals surface area contributed by atoms with Gasteiger partial charge in [0.05, 0.1) is 18.4 Å². The van der Waals surface area contributed by atoms with E-state index in [1.807, 2.05) is 6.07 Å². The summed E-state index contributed by atoms with van der Waals surface area (Å²) in [6.45, 7) is 0. The largest absolute Gasteiger partial charge is 0.497 e. The van der Waals surface area contributed by atoms with Crippen LogP contribution in [-0.2, 0) is 6.18 Å². The molecule has 0 atom stereocenters. The Kier molecular flexibility index (Phi) is 4.07. The third kappa shape index (κ3) is 3.12. The summed E-state index contributed by atoms with van der Waals surface area (Å²) in [6, 6.07) is 18.1. The first kappa shape index (κ1) is 17.1. The Balaban J connectivity index is 2.00. The van der Waals surface area contributed by atoms with Crippen molar-refractivity contribution in [3.05, 3.63) is 72.3 Å². The second-order valence-corrected chi connectivity index (χ2v) is 5.94. The molecule has 0 bridgehead atoms. The molecule has 2 aromatic heterocycles. The van der Waals surface area contributed by atoms with Gasteiger partial charge in [-0.1, -0.05) is 30.3 Å². The Labute approximate surface area is 152 Å².